The number of pyridine rings is 2. The van der Waals surface area contributed by atoms with Gasteiger partial charge in [0.2, 0.25) is 0 Å². The summed E-state index contributed by atoms with van der Waals surface area (Å²) in [6, 6.07) is 32.9. The van der Waals surface area contributed by atoms with Crippen LogP contribution >= 0.6 is 0 Å². The van der Waals surface area contributed by atoms with Crippen molar-refractivity contribution < 1.29 is 0 Å². The van der Waals surface area contributed by atoms with Gasteiger partial charge >= 0.3 is 0 Å². The van der Waals surface area contributed by atoms with E-state index in [9.17, 15) is 0 Å². The monoisotopic (exact) mass is 472 g/mol. The summed E-state index contributed by atoms with van der Waals surface area (Å²) < 4.78 is 4.57. The zero-order valence-electron chi connectivity index (χ0n) is 19.9. The van der Waals surface area contributed by atoms with Crippen LogP contribution in [0.5, 0.6) is 0 Å². The second-order valence-electron chi connectivity index (χ2n) is 9.90. The number of hydrogen-bond acceptors (Lipinski definition) is 2. The average Bonchev–Trinajstić information content (AvgIpc) is 3.66. The maximum atomic E-state index is 4.83. The maximum Gasteiger partial charge on any atom is 0.145 e. The van der Waals surface area contributed by atoms with E-state index in [2.05, 4.69) is 93.9 Å². The number of hydrogen-bond donors (Lipinski definition) is 0. The lowest BCUT2D eigenvalue weighted by molar-refractivity contribution is 1.18. The minimum absolute atomic E-state index is 0.951. The molecule has 172 valence electrons. The van der Waals surface area contributed by atoms with Crippen molar-refractivity contribution in [3.63, 3.8) is 0 Å². The fraction of sp³-hybridized carbons (Fsp3) is 0.0303. The van der Waals surface area contributed by atoms with Crippen LogP contribution in [0.3, 0.4) is 0 Å². The molecule has 0 bridgehead atoms. The molecule has 0 unspecified atom stereocenters. The first kappa shape index (κ1) is 19.3. The summed E-state index contributed by atoms with van der Waals surface area (Å²) in [7, 11) is 0. The Morgan fingerprint density at radius 3 is 2.46 bits per heavy atom. The second kappa shape index (κ2) is 6.83. The molecule has 0 saturated heterocycles. The van der Waals surface area contributed by atoms with Crippen LogP contribution in [-0.2, 0) is 6.42 Å². The van der Waals surface area contributed by atoms with Gasteiger partial charge in [0.15, 0.2) is 0 Å². The molecular formula is C33H20N4. The molecule has 4 aromatic carbocycles. The molecule has 1 aliphatic rings. The highest BCUT2D eigenvalue weighted by Gasteiger charge is 2.25. The summed E-state index contributed by atoms with van der Waals surface area (Å²) in [6.07, 6.45) is 6.75. The van der Waals surface area contributed by atoms with E-state index >= 15 is 0 Å². The van der Waals surface area contributed by atoms with Crippen LogP contribution < -0.4 is 0 Å². The second-order valence-corrected chi connectivity index (χ2v) is 9.90. The Morgan fingerprint density at radius 2 is 1.51 bits per heavy atom. The molecule has 0 saturated carbocycles. The van der Waals surface area contributed by atoms with Gasteiger partial charge in [0.1, 0.15) is 5.65 Å². The van der Waals surface area contributed by atoms with Crippen molar-refractivity contribution in [1.82, 2.24) is 18.9 Å². The third kappa shape index (κ3) is 2.42. The Balaban J connectivity index is 1.53. The first-order valence-electron chi connectivity index (χ1n) is 12.6. The van der Waals surface area contributed by atoms with Crippen molar-refractivity contribution in [3.05, 3.63) is 121 Å². The lowest BCUT2D eigenvalue weighted by Gasteiger charge is -2.10. The number of benzene rings is 4. The molecule has 37 heavy (non-hydrogen) atoms. The number of aromatic nitrogens is 4. The van der Waals surface area contributed by atoms with Crippen LogP contribution in [0.2, 0.25) is 0 Å². The summed E-state index contributed by atoms with van der Waals surface area (Å²) in [4.78, 5) is 9.61. The first-order chi connectivity index (χ1) is 18.4. The fourth-order valence-corrected chi connectivity index (χ4v) is 6.52. The van der Waals surface area contributed by atoms with Crippen LogP contribution in [-0.4, -0.2) is 18.9 Å². The largest absolute Gasteiger partial charge is 0.309 e. The molecule has 1 aliphatic carbocycles. The summed E-state index contributed by atoms with van der Waals surface area (Å²) in [5.74, 6) is 0. The van der Waals surface area contributed by atoms with Crippen molar-refractivity contribution in [2.24, 2.45) is 0 Å². The predicted molar refractivity (Wildman–Crippen MR) is 151 cm³/mol. The minimum atomic E-state index is 0.951. The zero-order chi connectivity index (χ0) is 24.1. The van der Waals surface area contributed by atoms with Gasteiger partial charge in [-0.15, -0.1) is 0 Å². The van der Waals surface area contributed by atoms with Gasteiger partial charge in [-0.1, -0.05) is 48.5 Å². The lowest BCUT2D eigenvalue weighted by Crippen LogP contribution is -1.95. The van der Waals surface area contributed by atoms with Crippen molar-refractivity contribution in [2.45, 2.75) is 6.42 Å². The Labute approximate surface area is 212 Å². The number of para-hydroxylation sites is 1. The van der Waals surface area contributed by atoms with Crippen molar-refractivity contribution in [3.8, 4) is 16.8 Å². The van der Waals surface area contributed by atoms with Gasteiger partial charge in [-0.25, -0.2) is 4.98 Å². The molecule has 0 spiro atoms. The Morgan fingerprint density at radius 1 is 0.622 bits per heavy atom. The van der Waals surface area contributed by atoms with E-state index in [-0.39, 0.29) is 0 Å². The van der Waals surface area contributed by atoms with Crippen molar-refractivity contribution >= 4 is 49.3 Å². The lowest BCUT2D eigenvalue weighted by atomic mass is 9.99. The molecule has 0 N–H and O–H groups in total. The highest BCUT2D eigenvalue weighted by molar-refractivity contribution is 6.21. The summed E-state index contributed by atoms with van der Waals surface area (Å²) >= 11 is 0. The molecule has 4 aromatic heterocycles. The normalized spacial score (nSPS) is 12.8. The fourth-order valence-electron chi connectivity index (χ4n) is 6.52. The molecule has 0 atom stereocenters. The van der Waals surface area contributed by atoms with Gasteiger partial charge < -0.3 is 4.57 Å². The van der Waals surface area contributed by atoms with E-state index in [1.165, 1.54) is 44.1 Å². The van der Waals surface area contributed by atoms with Crippen LogP contribution in [0.15, 0.2) is 110 Å². The Bertz CT molecular complexity index is 2220. The van der Waals surface area contributed by atoms with Gasteiger partial charge in [0.05, 0.1) is 22.1 Å². The van der Waals surface area contributed by atoms with E-state index in [0.29, 0.717) is 0 Å². The molecule has 4 heteroatoms. The van der Waals surface area contributed by atoms with E-state index in [1.807, 2.05) is 24.7 Å². The zero-order valence-corrected chi connectivity index (χ0v) is 19.9. The van der Waals surface area contributed by atoms with Gasteiger partial charge in [0, 0.05) is 45.8 Å². The molecule has 8 aromatic rings. The molecule has 0 radical (unpaired) electrons. The summed E-state index contributed by atoms with van der Waals surface area (Å²) in [6.45, 7) is 0. The van der Waals surface area contributed by atoms with Crippen LogP contribution in [0.4, 0.5) is 0 Å². The maximum absolute atomic E-state index is 4.83. The van der Waals surface area contributed by atoms with Crippen LogP contribution in [0.25, 0.3) is 66.1 Å². The standard InChI is InChI=1S/C33H20N4/c1-2-8-21(9-3-1)37-28-13-12-23-22-10-5-4-7-20(22)17-24(23)31(28)27-18-26-25(19-30(27)37)32-29(11-6-14-34-32)36-16-15-35-33(26)36/h1-16,18-19H,17H2. The minimum Gasteiger partial charge on any atom is -0.309 e. The quantitative estimate of drug-likeness (QED) is 0.229. The van der Waals surface area contributed by atoms with E-state index in [1.54, 1.807) is 0 Å². The Hall–Kier alpha value is -4.96. The molecule has 0 amide bonds. The molecule has 0 aliphatic heterocycles. The van der Waals surface area contributed by atoms with Crippen LogP contribution in [0.1, 0.15) is 11.1 Å². The third-order valence-corrected chi connectivity index (χ3v) is 8.05. The van der Waals surface area contributed by atoms with E-state index in [4.69, 9.17) is 9.97 Å². The number of fused-ring (bicyclic) bond motifs is 13. The SMILES string of the molecule is c1ccc(-n2c3cc4c(cc3c3c5c(ccc32)-c2ccccc2C5)c2nccn2c2cccnc42)cc1. The van der Waals surface area contributed by atoms with Crippen molar-refractivity contribution in [2.75, 3.05) is 0 Å². The third-order valence-electron chi connectivity index (χ3n) is 8.05. The smallest absolute Gasteiger partial charge is 0.145 e. The summed E-state index contributed by atoms with van der Waals surface area (Å²) in [5.41, 5.74) is 12.1. The van der Waals surface area contributed by atoms with Crippen molar-refractivity contribution in [1.29, 1.82) is 0 Å². The Kier molecular flexibility index (Phi) is 3.55. The van der Waals surface area contributed by atoms with Gasteiger partial charge in [-0.2, -0.15) is 0 Å². The van der Waals surface area contributed by atoms with E-state index < -0.39 is 0 Å². The molecule has 9 rings (SSSR count). The van der Waals surface area contributed by atoms with Gasteiger partial charge in [-0.3, -0.25) is 9.38 Å². The highest BCUT2D eigenvalue weighted by atomic mass is 15.0. The van der Waals surface area contributed by atoms with Gasteiger partial charge in [-0.05, 0) is 71.1 Å². The first-order valence-corrected chi connectivity index (χ1v) is 12.6. The number of rotatable bonds is 1. The van der Waals surface area contributed by atoms with Gasteiger partial charge in [0.25, 0.3) is 0 Å². The highest BCUT2D eigenvalue weighted by Crippen LogP contribution is 2.45. The summed E-state index contributed by atoms with van der Waals surface area (Å²) in [5, 5.41) is 4.85. The predicted octanol–water partition coefficient (Wildman–Crippen LogP) is 7.70. The number of imidazole rings is 1. The molecule has 4 nitrogen and oxygen atoms in total. The topological polar surface area (TPSA) is 35.1 Å². The molecule has 4 heterocycles. The van der Waals surface area contributed by atoms with E-state index in [0.717, 1.165) is 39.6 Å². The number of nitrogens with zero attached hydrogens (tertiary/aromatic N) is 4. The van der Waals surface area contributed by atoms with Crippen LogP contribution in [0, 0.1) is 0 Å². The molecular weight excluding hydrogens is 452 g/mol. The average molecular weight is 473 g/mol. The molecule has 0 fully saturated rings.